The predicted molar refractivity (Wildman–Crippen MR) is 65.8 cm³/mol. The van der Waals surface area contributed by atoms with Gasteiger partial charge in [0, 0.05) is 10.6 Å². The van der Waals surface area contributed by atoms with Crippen molar-refractivity contribution in [3.8, 4) is 12.1 Å². The third-order valence-corrected chi connectivity index (χ3v) is 3.91. The van der Waals surface area contributed by atoms with Crippen molar-refractivity contribution in [2.24, 2.45) is 0 Å². The zero-order valence-corrected chi connectivity index (χ0v) is 10.9. The van der Waals surface area contributed by atoms with Crippen LogP contribution in [0, 0.1) is 22.7 Å². The van der Waals surface area contributed by atoms with Gasteiger partial charge in [-0.2, -0.15) is 10.5 Å². The molecule has 0 radical (unpaired) electrons. The lowest BCUT2D eigenvalue weighted by Crippen LogP contribution is -2.04. The molecular formula is C11H9N2O3S2-. The van der Waals surface area contributed by atoms with E-state index in [4.69, 9.17) is 10.5 Å². The molecule has 0 fully saturated rings. The van der Waals surface area contributed by atoms with Crippen LogP contribution in [0.5, 0.6) is 0 Å². The maximum atomic E-state index is 10.4. The Bertz CT molecular complexity index is 612. The SMILES string of the molecule is N#Cc1ccc(SCCCS(=O)(=O)[O-])cc1C#N. The molecule has 0 heterocycles. The molecule has 0 bridgehead atoms. The van der Waals surface area contributed by atoms with Crippen molar-refractivity contribution < 1.29 is 13.0 Å². The lowest BCUT2D eigenvalue weighted by Gasteiger charge is -2.06. The zero-order valence-electron chi connectivity index (χ0n) is 9.29. The van der Waals surface area contributed by atoms with E-state index >= 15 is 0 Å². The second-order valence-corrected chi connectivity index (χ2v) is 6.09. The highest BCUT2D eigenvalue weighted by Crippen LogP contribution is 2.21. The van der Waals surface area contributed by atoms with E-state index in [1.165, 1.54) is 11.8 Å². The average Bonchev–Trinajstić information content (AvgIpc) is 2.33. The van der Waals surface area contributed by atoms with E-state index in [1.54, 1.807) is 18.2 Å². The van der Waals surface area contributed by atoms with Crippen molar-refractivity contribution in [2.75, 3.05) is 11.5 Å². The Labute approximate surface area is 110 Å². The van der Waals surface area contributed by atoms with Crippen molar-refractivity contribution in [3.63, 3.8) is 0 Å². The van der Waals surface area contributed by atoms with Crippen LogP contribution < -0.4 is 0 Å². The minimum absolute atomic E-state index is 0.262. The first-order chi connectivity index (χ1) is 8.46. The molecule has 0 aliphatic rings. The van der Waals surface area contributed by atoms with Gasteiger partial charge in [-0.05, 0) is 30.4 Å². The molecule has 1 rings (SSSR count). The van der Waals surface area contributed by atoms with Crippen LogP contribution in [0.25, 0.3) is 0 Å². The Kier molecular flexibility index (Phi) is 5.17. The average molecular weight is 281 g/mol. The van der Waals surface area contributed by atoms with Crippen LogP contribution in [0.1, 0.15) is 17.5 Å². The van der Waals surface area contributed by atoms with Gasteiger partial charge in [-0.15, -0.1) is 11.8 Å². The maximum absolute atomic E-state index is 10.4. The van der Waals surface area contributed by atoms with Gasteiger partial charge in [0.15, 0.2) is 0 Å². The van der Waals surface area contributed by atoms with Gasteiger partial charge in [0.05, 0.1) is 21.2 Å². The van der Waals surface area contributed by atoms with Crippen LogP contribution in [-0.4, -0.2) is 24.5 Å². The van der Waals surface area contributed by atoms with Crippen molar-refractivity contribution in [3.05, 3.63) is 29.3 Å². The summed E-state index contributed by atoms with van der Waals surface area (Å²) in [5.41, 5.74) is 0.600. The minimum Gasteiger partial charge on any atom is -0.748 e. The van der Waals surface area contributed by atoms with Crippen LogP contribution in [0.4, 0.5) is 0 Å². The van der Waals surface area contributed by atoms with E-state index in [0.29, 0.717) is 16.9 Å². The molecular weight excluding hydrogens is 272 g/mol. The lowest BCUT2D eigenvalue weighted by atomic mass is 10.1. The molecule has 0 saturated heterocycles. The molecule has 0 saturated carbocycles. The largest absolute Gasteiger partial charge is 0.748 e. The normalized spacial score (nSPS) is 10.6. The molecule has 0 atom stereocenters. The standard InChI is InChI=1S/C11H10N2O3S2/c12-7-9-2-3-11(6-10(9)8-13)17-4-1-5-18(14,15)16/h2-3,6H,1,4-5H2,(H,14,15,16)/p-1. The van der Waals surface area contributed by atoms with Gasteiger partial charge in [0.25, 0.3) is 0 Å². The monoisotopic (exact) mass is 281 g/mol. The fourth-order valence-corrected chi connectivity index (χ4v) is 2.80. The van der Waals surface area contributed by atoms with Crippen molar-refractivity contribution >= 4 is 21.9 Å². The van der Waals surface area contributed by atoms with Crippen LogP contribution in [-0.2, 0) is 10.1 Å². The summed E-state index contributed by atoms with van der Waals surface area (Å²) in [4.78, 5) is 0.772. The summed E-state index contributed by atoms with van der Waals surface area (Å²) < 4.78 is 31.1. The van der Waals surface area contributed by atoms with Crippen LogP contribution >= 0.6 is 11.8 Å². The number of nitrogens with zero attached hydrogens (tertiary/aromatic N) is 2. The molecule has 0 aliphatic carbocycles. The quantitative estimate of drug-likeness (QED) is 0.459. The molecule has 94 valence electrons. The molecule has 5 nitrogen and oxygen atoms in total. The summed E-state index contributed by atoms with van der Waals surface area (Å²) in [7, 11) is -4.16. The summed E-state index contributed by atoms with van der Waals surface area (Å²) in [5.74, 6) is 0.0830. The predicted octanol–water partition coefficient (Wildman–Crippen LogP) is 1.46. The fraction of sp³-hybridized carbons (Fsp3) is 0.273. The van der Waals surface area contributed by atoms with Gasteiger partial charge in [0.2, 0.25) is 0 Å². The highest BCUT2D eigenvalue weighted by Gasteiger charge is 2.03. The van der Waals surface area contributed by atoms with E-state index < -0.39 is 10.1 Å². The minimum atomic E-state index is -4.16. The topological polar surface area (TPSA) is 105 Å². The highest BCUT2D eigenvalue weighted by atomic mass is 32.2. The maximum Gasteiger partial charge on any atom is 0.101 e. The third-order valence-electron chi connectivity index (χ3n) is 2.04. The summed E-state index contributed by atoms with van der Waals surface area (Å²) in [6.45, 7) is 0. The van der Waals surface area contributed by atoms with Crippen LogP contribution in [0.15, 0.2) is 23.1 Å². The van der Waals surface area contributed by atoms with Gasteiger partial charge in [0.1, 0.15) is 12.1 Å². The fourth-order valence-electron chi connectivity index (χ4n) is 1.23. The molecule has 0 aromatic heterocycles. The highest BCUT2D eigenvalue weighted by molar-refractivity contribution is 7.99. The number of hydrogen-bond donors (Lipinski definition) is 0. The summed E-state index contributed by atoms with van der Waals surface area (Å²) in [6.07, 6.45) is 0.262. The summed E-state index contributed by atoms with van der Waals surface area (Å²) in [6, 6.07) is 8.64. The molecule has 1 aromatic carbocycles. The van der Waals surface area contributed by atoms with E-state index in [0.717, 1.165) is 4.90 Å². The summed E-state index contributed by atoms with van der Waals surface area (Å²) in [5, 5.41) is 17.6. The molecule has 0 amide bonds. The number of benzene rings is 1. The number of rotatable bonds is 5. The molecule has 0 spiro atoms. The van der Waals surface area contributed by atoms with E-state index in [2.05, 4.69) is 0 Å². The van der Waals surface area contributed by atoms with Gasteiger partial charge in [-0.25, -0.2) is 8.42 Å². The second kappa shape index (κ2) is 6.41. The number of hydrogen-bond acceptors (Lipinski definition) is 6. The molecule has 7 heteroatoms. The number of thioether (sulfide) groups is 1. The molecule has 18 heavy (non-hydrogen) atoms. The van der Waals surface area contributed by atoms with Crippen molar-refractivity contribution in [1.29, 1.82) is 10.5 Å². The van der Waals surface area contributed by atoms with Crippen molar-refractivity contribution in [1.82, 2.24) is 0 Å². The summed E-state index contributed by atoms with van der Waals surface area (Å²) >= 11 is 1.35. The Morgan fingerprint density at radius 3 is 2.44 bits per heavy atom. The van der Waals surface area contributed by atoms with E-state index in [9.17, 15) is 13.0 Å². The van der Waals surface area contributed by atoms with E-state index in [-0.39, 0.29) is 12.2 Å². The second-order valence-electron chi connectivity index (χ2n) is 3.39. The van der Waals surface area contributed by atoms with Gasteiger partial charge >= 0.3 is 0 Å². The van der Waals surface area contributed by atoms with Gasteiger partial charge < -0.3 is 4.55 Å². The first-order valence-corrected chi connectivity index (χ1v) is 7.53. The number of nitriles is 2. The Balaban J connectivity index is 2.60. The van der Waals surface area contributed by atoms with E-state index in [1.807, 2.05) is 12.1 Å². The Hall–Kier alpha value is -1.54. The van der Waals surface area contributed by atoms with Crippen LogP contribution in [0.2, 0.25) is 0 Å². The van der Waals surface area contributed by atoms with Crippen LogP contribution in [0.3, 0.4) is 0 Å². The van der Waals surface area contributed by atoms with Gasteiger partial charge in [-0.1, -0.05) is 0 Å². The first-order valence-electron chi connectivity index (χ1n) is 4.97. The molecule has 0 aliphatic heterocycles. The molecule has 0 unspecified atom stereocenters. The molecule has 1 aromatic rings. The lowest BCUT2D eigenvalue weighted by molar-refractivity contribution is 0.462. The van der Waals surface area contributed by atoms with Crippen molar-refractivity contribution in [2.45, 2.75) is 11.3 Å². The smallest absolute Gasteiger partial charge is 0.101 e. The molecule has 0 N–H and O–H groups in total. The first kappa shape index (κ1) is 14.5. The zero-order chi connectivity index (χ0) is 13.6. The Morgan fingerprint density at radius 1 is 1.22 bits per heavy atom. The van der Waals surface area contributed by atoms with Gasteiger partial charge in [-0.3, -0.25) is 0 Å². The third kappa shape index (κ3) is 4.76. The Morgan fingerprint density at radius 2 is 1.89 bits per heavy atom.